The van der Waals surface area contributed by atoms with Gasteiger partial charge in [0, 0.05) is 32.3 Å². The first-order chi connectivity index (χ1) is 10.1. The quantitative estimate of drug-likeness (QED) is 0.791. The van der Waals surface area contributed by atoms with E-state index in [1.807, 2.05) is 25.7 Å². The van der Waals surface area contributed by atoms with Gasteiger partial charge in [0.2, 0.25) is 0 Å². The molecule has 22 heavy (non-hydrogen) atoms. The molecule has 0 aliphatic carbocycles. The minimum absolute atomic E-state index is 0.164. The van der Waals surface area contributed by atoms with Crippen molar-refractivity contribution in [2.75, 3.05) is 26.2 Å². The molecule has 5 nitrogen and oxygen atoms in total. The number of amides is 1. The number of hydrogen-bond donors (Lipinski definition) is 2. The van der Waals surface area contributed by atoms with Crippen LogP contribution in [0.15, 0.2) is 0 Å². The molecule has 2 N–H and O–H groups in total. The van der Waals surface area contributed by atoms with Crippen LogP contribution in [0.1, 0.15) is 60.3 Å². The maximum Gasteiger partial charge on any atom is 0.410 e. The number of hydrogen-bond acceptors (Lipinski definition) is 4. The van der Waals surface area contributed by atoms with Crippen molar-refractivity contribution in [3.63, 3.8) is 0 Å². The molecule has 1 unspecified atom stereocenters. The van der Waals surface area contributed by atoms with Gasteiger partial charge in [-0.05, 0) is 51.9 Å². The Bertz CT molecular complexity index is 350. The first kappa shape index (κ1) is 19.2. The van der Waals surface area contributed by atoms with Crippen molar-refractivity contribution in [2.45, 2.75) is 71.9 Å². The van der Waals surface area contributed by atoms with E-state index in [9.17, 15) is 4.79 Å². The topological polar surface area (TPSA) is 61.8 Å². The smallest absolute Gasteiger partial charge is 0.410 e. The van der Waals surface area contributed by atoms with E-state index in [2.05, 4.69) is 19.2 Å². The minimum Gasteiger partial charge on any atom is -0.444 e. The van der Waals surface area contributed by atoms with Crippen LogP contribution in [0.2, 0.25) is 0 Å². The fourth-order valence-corrected chi connectivity index (χ4v) is 2.70. The summed E-state index contributed by atoms with van der Waals surface area (Å²) in [6.45, 7) is 12.8. The second-order valence-corrected chi connectivity index (χ2v) is 8.14. The molecule has 1 atom stereocenters. The fourth-order valence-electron chi connectivity index (χ4n) is 2.70. The highest BCUT2D eigenvalue weighted by atomic mass is 16.6. The third-order valence-corrected chi connectivity index (χ3v) is 3.95. The Morgan fingerprint density at radius 3 is 2.59 bits per heavy atom. The summed E-state index contributed by atoms with van der Waals surface area (Å²) >= 11 is 0. The lowest BCUT2D eigenvalue weighted by Gasteiger charge is -2.36. The van der Waals surface area contributed by atoms with Crippen molar-refractivity contribution < 1.29 is 14.6 Å². The summed E-state index contributed by atoms with van der Waals surface area (Å²) in [5.74, 6) is 0. The number of piperidine rings is 1. The second-order valence-electron chi connectivity index (χ2n) is 8.14. The molecule has 0 saturated carbocycles. The Morgan fingerprint density at radius 1 is 1.32 bits per heavy atom. The molecule has 0 aromatic carbocycles. The molecule has 0 aromatic rings. The van der Waals surface area contributed by atoms with Crippen molar-refractivity contribution in [3.05, 3.63) is 0 Å². The number of carbonyl (C=O) groups excluding carboxylic acids is 1. The largest absolute Gasteiger partial charge is 0.444 e. The summed E-state index contributed by atoms with van der Waals surface area (Å²) in [5, 5.41) is 12.5. The SMILES string of the molecule is CC(C)(CCCO)CNC1CCCN(C(=O)OC(C)(C)C)C1. The van der Waals surface area contributed by atoms with E-state index in [-0.39, 0.29) is 18.1 Å². The molecule has 5 heteroatoms. The third kappa shape index (κ3) is 7.45. The number of carbonyl (C=O) groups is 1. The minimum atomic E-state index is -0.441. The zero-order valence-electron chi connectivity index (χ0n) is 14.9. The summed E-state index contributed by atoms with van der Waals surface area (Å²) in [4.78, 5) is 14.0. The second kappa shape index (κ2) is 8.16. The molecule has 0 aromatic heterocycles. The Labute approximate surface area is 135 Å². The number of ether oxygens (including phenoxy) is 1. The number of rotatable bonds is 6. The van der Waals surface area contributed by atoms with E-state index in [0.29, 0.717) is 12.6 Å². The zero-order chi connectivity index (χ0) is 16.8. The average Bonchev–Trinajstić information content (AvgIpc) is 2.42. The molecule has 1 heterocycles. The predicted molar refractivity (Wildman–Crippen MR) is 88.9 cm³/mol. The standard InChI is InChI=1S/C17H34N2O3/c1-16(2,3)22-15(21)19-10-6-8-14(12-19)18-13-17(4,5)9-7-11-20/h14,18,20H,6-13H2,1-5H3. The molecule has 1 aliphatic rings. The number of nitrogens with one attached hydrogen (secondary N) is 1. The third-order valence-electron chi connectivity index (χ3n) is 3.95. The van der Waals surface area contributed by atoms with Crippen molar-refractivity contribution in [1.29, 1.82) is 0 Å². The highest BCUT2D eigenvalue weighted by molar-refractivity contribution is 5.68. The molecular formula is C17H34N2O3. The van der Waals surface area contributed by atoms with Crippen LogP contribution in [-0.2, 0) is 4.74 Å². The highest BCUT2D eigenvalue weighted by Gasteiger charge is 2.28. The summed E-state index contributed by atoms with van der Waals surface area (Å²) in [6, 6.07) is 0.328. The van der Waals surface area contributed by atoms with Crippen LogP contribution in [0.5, 0.6) is 0 Å². The number of aliphatic hydroxyl groups excluding tert-OH is 1. The van der Waals surface area contributed by atoms with Gasteiger partial charge in [0.15, 0.2) is 0 Å². The molecular weight excluding hydrogens is 280 g/mol. The van der Waals surface area contributed by atoms with Crippen LogP contribution in [0.25, 0.3) is 0 Å². The molecule has 0 bridgehead atoms. The van der Waals surface area contributed by atoms with Gasteiger partial charge in [0.05, 0.1) is 0 Å². The zero-order valence-corrected chi connectivity index (χ0v) is 14.9. The van der Waals surface area contributed by atoms with Crippen LogP contribution in [0.4, 0.5) is 4.79 Å². The summed E-state index contributed by atoms with van der Waals surface area (Å²) in [5.41, 5.74) is -0.277. The van der Waals surface area contributed by atoms with Crippen LogP contribution in [-0.4, -0.2) is 54.0 Å². The molecule has 130 valence electrons. The number of nitrogens with zero attached hydrogens (tertiary/aromatic N) is 1. The molecule has 0 spiro atoms. The summed E-state index contributed by atoms with van der Waals surface area (Å²) < 4.78 is 5.46. The van der Waals surface area contributed by atoms with E-state index >= 15 is 0 Å². The van der Waals surface area contributed by atoms with Crippen molar-refractivity contribution in [1.82, 2.24) is 10.2 Å². The van der Waals surface area contributed by atoms with Crippen LogP contribution in [0, 0.1) is 5.41 Å². The maximum absolute atomic E-state index is 12.1. The molecule has 0 radical (unpaired) electrons. The highest BCUT2D eigenvalue weighted by Crippen LogP contribution is 2.22. The van der Waals surface area contributed by atoms with Gasteiger partial charge in [-0.25, -0.2) is 4.79 Å². The fraction of sp³-hybridized carbons (Fsp3) is 0.941. The average molecular weight is 314 g/mol. The van der Waals surface area contributed by atoms with Crippen molar-refractivity contribution in [2.24, 2.45) is 5.41 Å². The van der Waals surface area contributed by atoms with Crippen LogP contribution < -0.4 is 5.32 Å². The van der Waals surface area contributed by atoms with Gasteiger partial charge in [-0.3, -0.25) is 0 Å². The van der Waals surface area contributed by atoms with E-state index in [1.165, 1.54) is 0 Å². The van der Waals surface area contributed by atoms with E-state index in [1.54, 1.807) is 0 Å². The van der Waals surface area contributed by atoms with Gasteiger partial charge < -0.3 is 20.1 Å². The monoisotopic (exact) mass is 314 g/mol. The molecule has 1 fully saturated rings. The van der Waals surface area contributed by atoms with E-state index in [4.69, 9.17) is 9.84 Å². The Kier molecular flexibility index (Phi) is 7.13. The number of aliphatic hydroxyl groups is 1. The first-order valence-corrected chi connectivity index (χ1v) is 8.45. The molecule has 1 amide bonds. The van der Waals surface area contributed by atoms with Crippen LogP contribution in [0.3, 0.4) is 0 Å². The Hall–Kier alpha value is -0.810. The lowest BCUT2D eigenvalue weighted by molar-refractivity contribution is 0.0184. The first-order valence-electron chi connectivity index (χ1n) is 8.45. The molecule has 1 saturated heterocycles. The van der Waals surface area contributed by atoms with Gasteiger partial charge in [-0.1, -0.05) is 13.8 Å². The Morgan fingerprint density at radius 2 is 2.00 bits per heavy atom. The van der Waals surface area contributed by atoms with Gasteiger partial charge in [0.1, 0.15) is 5.60 Å². The van der Waals surface area contributed by atoms with Gasteiger partial charge >= 0.3 is 6.09 Å². The normalized spacial score (nSPS) is 20.1. The maximum atomic E-state index is 12.1. The van der Waals surface area contributed by atoms with Gasteiger partial charge in [0.25, 0.3) is 0 Å². The van der Waals surface area contributed by atoms with Crippen LogP contribution >= 0.6 is 0 Å². The lowest BCUT2D eigenvalue weighted by Crippen LogP contribution is -2.50. The summed E-state index contributed by atoms with van der Waals surface area (Å²) in [6.07, 6.45) is 3.73. The molecule has 1 aliphatic heterocycles. The number of likely N-dealkylation sites (tertiary alicyclic amines) is 1. The van der Waals surface area contributed by atoms with Gasteiger partial charge in [-0.2, -0.15) is 0 Å². The van der Waals surface area contributed by atoms with E-state index < -0.39 is 5.60 Å². The molecule has 1 rings (SSSR count). The van der Waals surface area contributed by atoms with Crippen molar-refractivity contribution in [3.8, 4) is 0 Å². The van der Waals surface area contributed by atoms with Gasteiger partial charge in [-0.15, -0.1) is 0 Å². The summed E-state index contributed by atoms with van der Waals surface area (Å²) in [7, 11) is 0. The lowest BCUT2D eigenvalue weighted by atomic mass is 9.87. The van der Waals surface area contributed by atoms with Crippen molar-refractivity contribution >= 4 is 6.09 Å². The predicted octanol–water partition coefficient (Wildman–Crippen LogP) is 2.77. The van der Waals surface area contributed by atoms with E-state index in [0.717, 1.165) is 38.8 Å². The Balaban J connectivity index is 2.41.